The fourth-order valence-corrected chi connectivity index (χ4v) is 4.13. The largest absolute Gasteiger partial charge is 0.494 e. The Labute approximate surface area is 237 Å². The number of fused-ring (bicyclic) bond motifs is 1. The molecular weight excluding hydrogens is 530 g/mol. The molecule has 0 spiro atoms. The summed E-state index contributed by atoms with van der Waals surface area (Å²) in [5.41, 5.74) is 2.12. The lowest BCUT2D eigenvalue weighted by Crippen LogP contribution is -2.13. The van der Waals surface area contributed by atoms with Crippen LogP contribution in [0.15, 0.2) is 60.9 Å². The highest BCUT2D eigenvalue weighted by Crippen LogP contribution is 2.35. The van der Waals surface area contributed by atoms with Gasteiger partial charge in [0.1, 0.15) is 17.9 Å². The zero-order valence-electron chi connectivity index (χ0n) is 23.2. The molecule has 214 valence electrons. The van der Waals surface area contributed by atoms with Gasteiger partial charge in [0.25, 0.3) is 0 Å². The highest BCUT2D eigenvalue weighted by Gasteiger charge is 2.16. The molecule has 0 bridgehead atoms. The van der Waals surface area contributed by atoms with Gasteiger partial charge in [0.2, 0.25) is 17.7 Å². The monoisotopic (exact) mass is 562 g/mol. The number of nitrogens with one attached hydrogen (secondary N) is 2. The van der Waals surface area contributed by atoms with Gasteiger partial charge < -0.3 is 20.1 Å². The Kier molecular flexibility index (Phi) is 9.78. The molecule has 0 aliphatic rings. The van der Waals surface area contributed by atoms with Crippen molar-refractivity contribution < 1.29 is 27.8 Å². The quantitative estimate of drug-likeness (QED) is 0.192. The smallest absolute Gasteiger partial charge is 0.230 e. The van der Waals surface area contributed by atoms with Crippen LogP contribution < -0.4 is 20.1 Å². The lowest BCUT2D eigenvalue weighted by molar-refractivity contribution is -0.117. The van der Waals surface area contributed by atoms with Crippen LogP contribution in [0.5, 0.6) is 17.4 Å². The van der Waals surface area contributed by atoms with Crippen LogP contribution in [-0.2, 0) is 16.0 Å². The van der Waals surface area contributed by atoms with Crippen LogP contribution in [0.2, 0.25) is 0 Å². The lowest BCUT2D eigenvalue weighted by Gasteiger charge is -2.14. The zero-order chi connectivity index (χ0) is 29.4. The van der Waals surface area contributed by atoms with Gasteiger partial charge in [-0.05, 0) is 61.1 Å². The van der Waals surface area contributed by atoms with E-state index in [1.165, 1.54) is 43.8 Å². The van der Waals surface area contributed by atoms with Crippen LogP contribution in [0.4, 0.5) is 20.2 Å². The second kappa shape index (κ2) is 13.6. The average Bonchev–Trinajstić information content (AvgIpc) is 2.94. The fourth-order valence-electron chi connectivity index (χ4n) is 4.13. The number of methoxy groups -OCH3 is 1. The molecule has 2 N–H and O–H groups in total. The molecule has 3 aromatic carbocycles. The second-order valence-corrected chi connectivity index (χ2v) is 10.0. The van der Waals surface area contributed by atoms with E-state index in [1.807, 2.05) is 13.8 Å². The van der Waals surface area contributed by atoms with Crippen molar-refractivity contribution in [1.82, 2.24) is 9.97 Å². The van der Waals surface area contributed by atoms with E-state index in [4.69, 9.17) is 9.47 Å². The predicted octanol–water partition coefficient (Wildman–Crippen LogP) is 7.05. The van der Waals surface area contributed by atoms with Crippen LogP contribution in [0, 0.1) is 17.6 Å². The maximum atomic E-state index is 15.0. The van der Waals surface area contributed by atoms with Gasteiger partial charge in [-0.25, -0.2) is 18.7 Å². The first kappa shape index (κ1) is 29.4. The minimum absolute atomic E-state index is 0.0896. The molecular formula is C31H32F2N4O4. The van der Waals surface area contributed by atoms with E-state index in [0.29, 0.717) is 47.5 Å². The third kappa shape index (κ3) is 8.20. The molecule has 1 heterocycles. The van der Waals surface area contributed by atoms with E-state index >= 15 is 0 Å². The molecule has 2 amide bonds. The Bertz CT molecular complexity index is 1530. The number of nitrogens with zero attached hydrogens (tertiary/aromatic N) is 2. The number of anilines is 2. The molecule has 10 heteroatoms. The number of halogens is 2. The van der Waals surface area contributed by atoms with Gasteiger partial charge in [-0.15, -0.1) is 0 Å². The van der Waals surface area contributed by atoms with Crippen molar-refractivity contribution in [2.24, 2.45) is 5.92 Å². The van der Waals surface area contributed by atoms with Crippen molar-refractivity contribution >= 4 is 34.1 Å². The normalized spacial score (nSPS) is 11.0. The van der Waals surface area contributed by atoms with Crippen LogP contribution in [0.1, 0.15) is 45.1 Å². The van der Waals surface area contributed by atoms with Gasteiger partial charge in [-0.3, -0.25) is 9.59 Å². The van der Waals surface area contributed by atoms with Gasteiger partial charge >= 0.3 is 0 Å². The number of carbonyl (C=O) groups excluding carboxylic acids is 2. The van der Waals surface area contributed by atoms with Crippen molar-refractivity contribution in [3.63, 3.8) is 0 Å². The number of carbonyl (C=O) groups is 2. The number of rotatable bonds is 12. The number of hydrogen-bond acceptors (Lipinski definition) is 6. The molecule has 4 aromatic rings. The summed E-state index contributed by atoms with van der Waals surface area (Å²) in [4.78, 5) is 33.2. The van der Waals surface area contributed by atoms with Crippen molar-refractivity contribution in [2.75, 3.05) is 17.7 Å². The van der Waals surface area contributed by atoms with Crippen molar-refractivity contribution in [2.45, 2.75) is 46.0 Å². The standard InChI is InChI=1S/C31H32F2N4O4/c1-19(2)7-14-30(39)37-26-16-23-25(17-28(26)40-3)34-18-35-31(23)41-27-13-12-22(15-24(27)33)36-29(38)6-4-5-20-8-10-21(32)11-9-20/h8-13,15-19H,4-7,14H2,1-3H3,(H,36,38)(H,37,39). The summed E-state index contributed by atoms with van der Waals surface area (Å²) in [6.45, 7) is 4.09. The summed E-state index contributed by atoms with van der Waals surface area (Å²) < 4.78 is 39.2. The molecule has 0 aliphatic heterocycles. The number of amides is 2. The maximum Gasteiger partial charge on any atom is 0.230 e. The Morgan fingerprint density at radius 1 is 0.902 bits per heavy atom. The molecule has 0 radical (unpaired) electrons. The van der Waals surface area contributed by atoms with Crippen LogP contribution in [-0.4, -0.2) is 28.9 Å². The van der Waals surface area contributed by atoms with Crippen LogP contribution in [0.3, 0.4) is 0 Å². The maximum absolute atomic E-state index is 15.0. The summed E-state index contributed by atoms with van der Waals surface area (Å²) in [6.07, 6.45) is 3.80. The van der Waals surface area contributed by atoms with Gasteiger partial charge in [-0.1, -0.05) is 26.0 Å². The number of ether oxygens (including phenoxy) is 2. The minimum atomic E-state index is -0.698. The average molecular weight is 563 g/mol. The Balaban J connectivity index is 1.43. The van der Waals surface area contributed by atoms with Gasteiger partial charge in [-0.2, -0.15) is 0 Å². The fraction of sp³-hybridized carbons (Fsp3) is 0.290. The van der Waals surface area contributed by atoms with E-state index in [9.17, 15) is 18.4 Å². The third-order valence-electron chi connectivity index (χ3n) is 6.35. The van der Waals surface area contributed by atoms with Crippen molar-refractivity contribution in [3.05, 3.63) is 78.1 Å². The first-order valence-corrected chi connectivity index (χ1v) is 13.4. The Morgan fingerprint density at radius 2 is 1.66 bits per heavy atom. The van der Waals surface area contributed by atoms with Gasteiger partial charge in [0, 0.05) is 30.7 Å². The molecule has 0 saturated carbocycles. The first-order valence-electron chi connectivity index (χ1n) is 13.4. The summed E-state index contributed by atoms with van der Waals surface area (Å²) >= 11 is 0. The lowest BCUT2D eigenvalue weighted by atomic mass is 10.1. The molecule has 8 nitrogen and oxygen atoms in total. The molecule has 0 saturated heterocycles. The highest BCUT2D eigenvalue weighted by molar-refractivity contribution is 5.97. The third-order valence-corrected chi connectivity index (χ3v) is 6.35. The molecule has 0 fully saturated rings. The van der Waals surface area contributed by atoms with Gasteiger partial charge in [0.05, 0.1) is 23.7 Å². The van der Waals surface area contributed by atoms with Crippen LogP contribution >= 0.6 is 0 Å². The Hall–Kier alpha value is -4.60. The highest BCUT2D eigenvalue weighted by atomic mass is 19.1. The molecule has 0 aliphatic carbocycles. The van der Waals surface area contributed by atoms with Crippen LogP contribution in [0.25, 0.3) is 10.9 Å². The van der Waals surface area contributed by atoms with E-state index in [0.717, 1.165) is 12.0 Å². The summed E-state index contributed by atoms with van der Waals surface area (Å²) in [5.74, 6) is -0.631. The number of hydrogen-bond donors (Lipinski definition) is 2. The number of aromatic nitrogens is 2. The van der Waals surface area contributed by atoms with Crippen molar-refractivity contribution in [3.8, 4) is 17.4 Å². The molecule has 0 atom stereocenters. The van der Waals surface area contributed by atoms with Gasteiger partial charge in [0.15, 0.2) is 11.6 Å². The second-order valence-electron chi connectivity index (χ2n) is 10.0. The summed E-state index contributed by atoms with van der Waals surface area (Å²) in [6, 6.07) is 13.5. The topological polar surface area (TPSA) is 102 Å². The number of aryl methyl sites for hydroxylation is 1. The molecule has 1 aromatic heterocycles. The van der Waals surface area contributed by atoms with E-state index < -0.39 is 5.82 Å². The summed E-state index contributed by atoms with van der Waals surface area (Å²) in [7, 11) is 1.49. The van der Waals surface area contributed by atoms with E-state index in [1.54, 1.807) is 24.3 Å². The summed E-state index contributed by atoms with van der Waals surface area (Å²) in [5, 5.41) is 5.99. The molecule has 41 heavy (non-hydrogen) atoms. The Morgan fingerprint density at radius 3 is 2.37 bits per heavy atom. The van der Waals surface area contributed by atoms with Crippen molar-refractivity contribution in [1.29, 1.82) is 0 Å². The van der Waals surface area contributed by atoms with E-state index in [-0.39, 0.29) is 41.4 Å². The zero-order valence-corrected chi connectivity index (χ0v) is 23.2. The SMILES string of the molecule is COc1cc2ncnc(Oc3ccc(NC(=O)CCCc4ccc(F)cc4)cc3F)c2cc1NC(=O)CCC(C)C. The first-order chi connectivity index (χ1) is 19.7. The van der Waals surface area contributed by atoms with E-state index in [2.05, 4.69) is 20.6 Å². The predicted molar refractivity (Wildman–Crippen MR) is 153 cm³/mol. The number of benzene rings is 3. The molecule has 0 unspecified atom stereocenters. The molecule has 4 rings (SSSR count). The minimum Gasteiger partial charge on any atom is -0.494 e.